The van der Waals surface area contributed by atoms with Crippen LogP contribution in [0.5, 0.6) is 11.5 Å². The third kappa shape index (κ3) is 4.58. The Morgan fingerprint density at radius 2 is 2.04 bits per heavy atom. The van der Waals surface area contributed by atoms with Crippen molar-refractivity contribution in [2.75, 3.05) is 27.3 Å². The lowest BCUT2D eigenvalue weighted by Gasteiger charge is -2.29. The van der Waals surface area contributed by atoms with E-state index in [1.807, 2.05) is 24.3 Å². The van der Waals surface area contributed by atoms with Gasteiger partial charge in [-0.25, -0.2) is 0 Å². The zero-order valence-electron chi connectivity index (χ0n) is 15.4. The molecule has 0 saturated carbocycles. The highest BCUT2D eigenvalue weighted by molar-refractivity contribution is 5.78. The summed E-state index contributed by atoms with van der Waals surface area (Å²) in [5, 5.41) is 2.97. The van der Waals surface area contributed by atoms with E-state index in [0.717, 1.165) is 49.7 Å². The Balaban J connectivity index is 1.48. The van der Waals surface area contributed by atoms with E-state index in [9.17, 15) is 4.79 Å². The molecule has 3 rings (SSSR count). The summed E-state index contributed by atoms with van der Waals surface area (Å²) in [6.45, 7) is 3.32. The summed E-state index contributed by atoms with van der Waals surface area (Å²) in [5.41, 5.74) is 1.17. The molecule has 2 N–H and O–H groups in total. The number of nitrogens with one attached hydrogen (secondary N) is 2. The number of methoxy groups -OCH3 is 2. The van der Waals surface area contributed by atoms with Crippen LogP contribution in [0.1, 0.15) is 24.2 Å². The molecular weight excluding hydrogens is 332 g/mol. The Kier molecular flexibility index (Phi) is 6.17. The Hall–Kier alpha value is -2.47. The summed E-state index contributed by atoms with van der Waals surface area (Å²) in [6.07, 6.45) is 3.42. The summed E-state index contributed by atoms with van der Waals surface area (Å²) >= 11 is 0. The van der Waals surface area contributed by atoms with Crippen LogP contribution in [0.15, 0.2) is 41.0 Å². The van der Waals surface area contributed by atoms with Crippen molar-refractivity contribution >= 4 is 5.91 Å². The van der Waals surface area contributed by atoms with E-state index in [1.54, 1.807) is 20.5 Å². The van der Waals surface area contributed by atoms with E-state index in [-0.39, 0.29) is 11.8 Å². The number of furan rings is 1. The molecule has 0 bridgehead atoms. The molecule has 1 amide bonds. The largest absolute Gasteiger partial charge is 0.497 e. The van der Waals surface area contributed by atoms with Gasteiger partial charge >= 0.3 is 0 Å². The standard InChI is InChI=1S/C20H26N2O4/c1-24-17-6-5-16(19(12-17)25-2)14-22-9-7-15(8-10-22)20(23)21-13-18-4-3-11-26-18/h3-6,11-12,15H,7-10,13-14H2,1-2H3,(H,21,23)/p+1. The predicted octanol–water partition coefficient (Wildman–Crippen LogP) is 1.41. The van der Waals surface area contributed by atoms with E-state index < -0.39 is 0 Å². The molecule has 0 unspecified atom stereocenters. The highest BCUT2D eigenvalue weighted by Crippen LogP contribution is 2.24. The van der Waals surface area contributed by atoms with Crippen molar-refractivity contribution in [2.24, 2.45) is 5.92 Å². The number of hydrogen-bond donors (Lipinski definition) is 2. The zero-order chi connectivity index (χ0) is 18.4. The second kappa shape index (κ2) is 8.76. The zero-order valence-corrected chi connectivity index (χ0v) is 15.4. The molecule has 1 aliphatic heterocycles. The van der Waals surface area contributed by atoms with Crippen LogP contribution in [0, 0.1) is 5.92 Å². The number of quaternary nitrogens is 1. The monoisotopic (exact) mass is 359 g/mol. The molecule has 6 nitrogen and oxygen atoms in total. The van der Waals surface area contributed by atoms with E-state index >= 15 is 0 Å². The fourth-order valence-electron chi connectivity index (χ4n) is 3.46. The fraction of sp³-hybridized carbons (Fsp3) is 0.450. The van der Waals surface area contributed by atoms with Gasteiger partial charge in [0.05, 0.1) is 40.1 Å². The Morgan fingerprint density at radius 3 is 2.69 bits per heavy atom. The minimum atomic E-state index is 0.0893. The summed E-state index contributed by atoms with van der Waals surface area (Å²) in [6, 6.07) is 9.65. The van der Waals surface area contributed by atoms with Crippen LogP contribution >= 0.6 is 0 Å². The number of amides is 1. The van der Waals surface area contributed by atoms with E-state index in [4.69, 9.17) is 13.9 Å². The van der Waals surface area contributed by atoms with Gasteiger partial charge < -0.3 is 24.1 Å². The van der Waals surface area contributed by atoms with Crippen molar-refractivity contribution in [3.8, 4) is 11.5 Å². The minimum Gasteiger partial charge on any atom is -0.497 e. The van der Waals surface area contributed by atoms with Crippen LogP contribution in [0.3, 0.4) is 0 Å². The van der Waals surface area contributed by atoms with Crippen LogP contribution in [0.2, 0.25) is 0 Å². The predicted molar refractivity (Wildman–Crippen MR) is 97.2 cm³/mol. The molecular formula is C20H27N2O4+. The lowest BCUT2D eigenvalue weighted by atomic mass is 9.95. The molecule has 1 aromatic heterocycles. The molecule has 26 heavy (non-hydrogen) atoms. The number of carbonyl (C=O) groups is 1. The fourth-order valence-corrected chi connectivity index (χ4v) is 3.46. The first-order valence-corrected chi connectivity index (χ1v) is 9.04. The van der Waals surface area contributed by atoms with Crippen molar-refractivity contribution in [3.63, 3.8) is 0 Å². The van der Waals surface area contributed by atoms with E-state index in [1.165, 1.54) is 10.5 Å². The SMILES string of the molecule is COc1ccc(C[NH+]2CCC(C(=O)NCc3ccco3)CC2)c(OC)c1. The second-order valence-electron chi connectivity index (χ2n) is 6.68. The number of benzene rings is 1. The molecule has 140 valence electrons. The van der Waals surface area contributed by atoms with Crippen LogP contribution in [0.25, 0.3) is 0 Å². The van der Waals surface area contributed by atoms with Gasteiger partial charge in [0.25, 0.3) is 0 Å². The minimum absolute atomic E-state index is 0.0893. The average Bonchev–Trinajstić information content (AvgIpc) is 3.20. The third-order valence-corrected chi connectivity index (χ3v) is 5.02. The number of hydrogen-bond acceptors (Lipinski definition) is 4. The first-order chi connectivity index (χ1) is 12.7. The first kappa shape index (κ1) is 18.3. The van der Waals surface area contributed by atoms with Crippen molar-refractivity contribution in [2.45, 2.75) is 25.9 Å². The summed E-state index contributed by atoms with van der Waals surface area (Å²) < 4.78 is 16.0. The maximum atomic E-state index is 12.3. The van der Waals surface area contributed by atoms with Crippen LogP contribution < -0.4 is 19.7 Å². The summed E-state index contributed by atoms with van der Waals surface area (Å²) in [7, 11) is 3.34. The first-order valence-electron chi connectivity index (χ1n) is 9.04. The van der Waals surface area contributed by atoms with Crippen molar-refractivity contribution < 1.29 is 23.6 Å². The molecule has 0 atom stereocenters. The highest BCUT2D eigenvalue weighted by atomic mass is 16.5. The van der Waals surface area contributed by atoms with E-state index in [0.29, 0.717) is 6.54 Å². The maximum absolute atomic E-state index is 12.3. The molecule has 0 aliphatic carbocycles. The van der Waals surface area contributed by atoms with Gasteiger partial charge in [-0.1, -0.05) is 0 Å². The van der Waals surface area contributed by atoms with Gasteiger partial charge in [0.15, 0.2) is 0 Å². The average molecular weight is 359 g/mol. The second-order valence-corrected chi connectivity index (χ2v) is 6.68. The normalized spacial score (nSPS) is 19.8. The molecule has 1 aliphatic rings. The molecule has 1 saturated heterocycles. The molecule has 1 aromatic carbocycles. The molecule has 6 heteroatoms. The van der Waals surface area contributed by atoms with Crippen molar-refractivity contribution in [1.82, 2.24) is 5.32 Å². The van der Waals surface area contributed by atoms with Gasteiger partial charge in [0.2, 0.25) is 5.91 Å². The van der Waals surface area contributed by atoms with Crippen LogP contribution in [-0.2, 0) is 17.9 Å². The van der Waals surface area contributed by atoms with Gasteiger partial charge in [-0.05, 0) is 24.3 Å². The maximum Gasteiger partial charge on any atom is 0.223 e. The Bertz CT molecular complexity index is 707. The van der Waals surface area contributed by atoms with Crippen LogP contribution in [0.4, 0.5) is 0 Å². The van der Waals surface area contributed by atoms with Crippen molar-refractivity contribution in [1.29, 1.82) is 0 Å². The van der Waals surface area contributed by atoms with Crippen LogP contribution in [-0.4, -0.2) is 33.2 Å². The number of piperidine rings is 1. The number of likely N-dealkylation sites (tertiary alicyclic amines) is 1. The highest BCUT2D eigenvalue weighted by Gasteiger charge is 2.28. The number of rotatable bonds is 7. The molecule has 2 aromatic rings. The van der Waals surface area contributed by atoms with Gasteiger partial charge in [-0.15, -0.1) is 0 Å². The topological polar surface area (TPSA) is 65.1 Å². The number of carbonyl (C=O) groups excluding carboxylic acids is 1. The molecule has 1 fully saturated rings. The third-order valence-electron chi connectivity index (χ3n) is 5.02. The number of ether oxygens (including phenoxy) is 2. The molecule has 0 radical (unpaired) electrons. The smallest absolute Gasteiger partial charge is 0.223 e. The summed E-state index contributed by atoms with van der Waals surface area (Å²) in [5.74, 6) is 2.66. The lowest BCUT2D eigenvalue weighted by Crippen LogP contribution is -3.11. The van der Waals surface area contributed by atoms with Crippen molar-refractivity contribution in [3.05, 3.63) is 47.9 Å². The molecule has 0 spiro atoms. The Morgan fingerprint density at radius 1 is 1.23 bits per heavy atom. The van der Waals surface area contributed by atoms with E-state index in [2.05, 4.69) is 11.4 Å². The summed E-state index contributed by atoms with van der Waals surface area (Å²) in [4.78, 5) is 13.8. The molecule has 2 heterocycles. The Labute approximate surface area is 154 Å². The lowest BCUT2D eigenvalue weighted by molar-refractivity contribution is -0.919. The van der Waals surface area contributed by atoms with Gasteiger partial charge in [-0.2, -0.15) is 0 Å². The van der Waals surface area contributed by atoms with Gasteiger partial charge in [0, 0.05) is 30.4 Å². The van der Waals surface area contributed by atoms with Gasteiger partial charge in [-0.3, -0.25) is 4.79 Å². The quantitative estimate of drug-likeness (QED) is 0.785. The van der Waals surface area contributed by atoms with Gasteiger partial charge in [0.1, 0.15) is 23.8 Å².